The van der Waals surface area contributed by atoms with Crippen LogP contribution in [0.2, 0.25) is 0 Å². The van der Waals surface area contributed by atoms with Gasteiger partial charge in [0.05, 0.1) is 0 Å². The Morgan fingerprint density at radius 1 is 1.14 bits per heavy atom. The van der Waals surface area contributed by atoms with E-state index in [1.54, 1.807) is 16.2 Å². The van der Waals surface area contributed by atoms with Gasteiger partial charge in [0.25, 0.3) is 0 Å². The molecule has 1 atom stereocenters. The monoisotopic (exact) mass is 204 g/mol. The summed E-state index contributed by atoms with van der Waals surface area (Å²) >= 11 is 0. The molecule has 1 aromatic rings. The Labute approximate surface area is 87.8 Å². The zero-order valence-corrected chi connectivity index (χ0v) is 9.85. The highest BCUT2D eigenvalue weighted by Gasteiger charge is 2.22. The molecule has 0 nitrogen and oxygen atoms in total. The summed E-state index contributed by atoms with van der Waals surface area (Å²) in [5.74, 6) is 0. The van der Waals surface area contributed by atoms with Gasteiger partial charge in [-0.2, -0.15) is 0 Å². The van der Waals surface area contributed by atoms with Gasteiger partial charge in [-0.15, -0.1) is 0 Å². The molecule has 1 heterocycles. The quantitative estimate of drug-likeness (QED) is 0.609. The van der Waals surface area contributed by atoms with Gasteiger partial charge in [-0.3, -0.25) is 0 Å². The van der Waals surface area contributed by atoms with Gasteiger partial charge in [0.2, 0.25) is 0 Å². The van der Waals surface area contributed by atoms with Crippen LogP contribution in [0.4, 0.5) is 0 Å². The molecule has 2 rings (SSSR count). The minimum Gasteiger partial charge on any atom is -0.0724 e. The Morgan fingerprint density at radius 2 is 1.86 bits per heavy atom. The maximum absolute atomic E-state index is 2.29. The zero-order valence-electron chi connectivity index (χ0n) is 8.96. The first kappa shape index (κ1) is 9.93. The molecule has 0 aromatic heterocycles. The predicted molar refractivity (Wildman–Crippen MR) is 65.5 cm³/mol. The van der Waals surface area contributed by atoms with E-state index in [2.05, 4.69) is 44.2 Å². The van der Waals surface area contributed by atoms with E-state index in [1.165, 1.54) is 19.0 Å². The average Bonchev–Trinajstić information content (AvgIpc) is 2.67. The first-order chi connectivity index (χ1) is 6.79. The smallest absolute Gasteiger partial charge is 0.0199 e. The Morgan fingerprint density at radius 3 is 2.50 bits per heavy atom. The van der Waals surface area contributed by atoms with Gasteiger partial charge >= 0.3 is 0 Å². The Balaban J connectivity index is 2.32. The lowest BCUT2D eigenvalue weighted by Crippen LogP contribution is -2.00. The van der Waals surface area contributed by atoms with E-state index in [9.17, 15) is 0 Å². The van der Waals surface area contributed by atoms with Crippen LogP contribution >= 0.6 is 7.92 Å². The normalized spacial score (nSPS) is 21.3. The summed E-state index contributed by atoms with van der Waals surface area (Å²) in [6.45, 7) is 4.53. The van der Waals surface area contributed by atoms with Crippen molar-refractivity contribution >= 4 is 13.2 Å². The molecule has 0 spiro atoms. The minimum atomic E-state index is 0.0365. The fraction of sp³-hybridized carbons (Fsp3) is 0.385. The lowest BCUT2D eigenvalue weighted by molar-refractivity contribution is 0.983. The molecule has 14 heavy (non-hydrogen) atoms. The number of benzene rings is 1. The second kappa shape index (κ2) is 4.28. The molecule has 1 aliphatic rings. The molecule has 1 aliphatic heterocycles. The highest BCUT2D eigenvalue weighted by molar-refractivity contribution is 7.70. The molecule has 1 saturated heterocycles. The molecule has 1 unspecified atom stereocenters. The van der Waals surface area contributed by atoms with E-state index in [4.69, 9.17) is 0 Å². The molecular formula is C13H17P. The largest absolute Gasteiger partial charge is 0.0724 e. The van der Waals surface area contributed by atoms with Crippen molar-refractivity contribution in [3.8, 4) is 0 Å². The highest BCUT2D eigenvalue weighted by Crippen LogP contribution is 2.53. The summed E-state index contributed by atoms with van der Waals surface area (Å²) in [6, 6.07) is 11.0. The molecular weight excluding hydrogens is 187 g/mol. The SMILES string of the molecule is CC(C)=C1CCCP1c1ccccc1. The van der Waals surface area contributed by atoms with Crippen molar-refractivity contribution in [3.05, 3.63) is 41.2 Å². The van der Waals surface area contributed by atoms with E-state index in [1.807, 2.05) is 0 Å². The second-order valence-electron chi connectivity index (χ2n) is 4.04. The molecule has 0 N–H and O–H groups in total. The summed E-state index contributed by atoms with van der Waals surface area (Å²) in [4.78, 5) is 0. The second-order valence-corrected chi connectivity index (χ2v) is 6.40. The molecule has 1 heteroatoms. The lowest BCUT2D eigenvalue weighted by Gasteiger charge is -2.14. The number of hydrogen-bond donors (Lipinski definition) is 0. The van der Waals surface area contributed by atoms with Gasteiger partial charge < -0.3 is 0 Å². The number of allylic oxidation sites excluding steroid dienone is 2. The van der Waals surface area contributed by atoms with Crippen molar-refractivity contribution in [2.45, 2.75) is 26.7 Å². The first-order valence-corrected chi connectivity index (χ1v) is 6.80. The topological polar surface area (TPSA) is 0 Å². The Kier molecular flexibility index (Phi) is 3.03. The van der Waals surface area contributed by atoms with E-state index < -0.39 is 0 Å². The summed E-state index contributed by atoms with van der Waals surface area (Å²) in [5, 5.41) is 3.31. The van der Waals surface area contributed by atoms with E-state index in [0.29, 0.717) is 0 Å². The molecule has 0 aliphatic carbocycles. The summed E-state index contributed by atoms with van der Waals surface area (Å²) in [7, 11) is 0.0365. The molecule has 1 aromatic carbocycles. The summed E-state index contributed by atoms with van der Waals surface area (Å²) in [5.41, 5.74) is 1.55. The van der Waals surface area contributed by atoms with Gasteiger partial charge in [0.1, 0.15) is 0 Å². The van der Waals surface area contributed by atoms with Crippen LogP contribution in [0.15, 0.2) is 41.2 Å². The van der Waals surface area contributed by atoms with Crippen LogP contribution in [0.25, 0.3) is 0 Å². The summed E-state index contributed by atoms with van der Waals surface area (Å²) in [6.07, 6.45) is 4.13. The average molecular weight is 204 g/mol. The van der Waals surface area contributed by atoms with Crippen molar-refractivity contribution in [2.75, 3.05) is 6.16 Å². The van der Waals surface area contributed by atoms with Crippen LogP contribution in [0.1, 0.15) is 26.7 Å². The maximum atomic E-state index is 2.29. The summed E-state index contributed by atoms with van der Waals surface area (Å²) < 4.78 is 0. The van der Waals surface area contributed by atoms with Crippen molar-refractivity contribution < 1.29 is 0 Å². The van der Waals surface area contributed by atoms with Crippen LogP contribution < -0.4 is 5.30 Å². The van der Waals surface area contributed by atoms with Crippen molar-refractivity contribution in [3.63, 3.8) is 0 Å². The molecule has 0 amide bonds. The van der Waals surface area contributed by atoms with Crippen LogP contribution in [0.5, 0.6) is 0 Å². The van der Waals surface area contributed by atoms with Gasteiger partial charge in [-0.25, -0.2) is 0 Å². The third kappa shape index (κ3) is 1.91. The van der Waals surface area contributed by atoms with E-state index in [-0.39, 0.29) is 7.92 Å². The van der Waals surface area contributed by atoms with Gasteiger partial charge in [0.15, 0.2) is 0 Å². The third-order valence-corrected chi connectivity index (χ3v) is 5.77. The lowest BCUT2D eigenvalue weighted by atomic mass is 10.2. The Hall–Kier alpha value is -0.610. The van der Waals surface area contributed by atoms with Gasteiger partial charge in [-0.1, -0.05) is 35.9 Å². The number of hydrogen-bond acceptors (Lipinski definition) is 0. The molecule has 1 fully saturated rings. The third-order valence-electron chi connectivity index (χ3n) is 2.77. The maximum Gasteiger partial charge on any atom is -0.0199 e. The van der Waals surface area contributed by atoms with Crippen molar-refractivity contribution in [1.29, 1.82) is 0 Å². The molecule has 0 radical (unpaired) electrons. The van der Waals surface area contributed by atoms with Crippen LogP contribution in [-0.4, -0.2) is 6.16 Å². The number of rotatable bonds is 1. The molecule has 0 saturated carbocycles. The van der Waals surface area contributed by atoms with E-state index in [0.717, 1.165) is 0 Å². The van der Waals surface area contributed by atoms with Crippen LogP contribution in [0, 0.1) is 0 Å². The molecule has 74 valence electrons. The van der Waals surface area contributed by atoms with Gasteiger partial charge in [-0.05, 0) is 51.4 Å². The van der Waals surface area contributed by atoms with Crippen molar-refractivity contribution in [1.82, 2.24) is 0 Å². The fourth-order valence-corrected chi connectivity index (χ4v) is 4.90. The van der Waals surface area contributed by atoms with Crippen molar-refractivity contribution in [2.24, 2.45) is 0 Å². The van der Waals surface area contributed by atoms with Crippen LogP contribution in [0.3, 0.4) is 0 Å². The highest BCUT2D eigenvalue weighted by atomic mass is 31.1. The molecule has 0 bridgehead atoms. The minimum absolute atomic E-state index is 0.0365. The standard InChI is InChI=1S/C13H17P/c1-11(2)13-9-6-10-14(13)12-7-4-3-5-8-12/h3-5,7-8H,6,9-10H2,1-2H3. The fourth-order valence-electron chi connectivity index (χ4n) is 2.09. The zero-order chi connectivity index (χ0) is 9.97. The Bertz CT molecular complexity index is 334. The predicted octanol–water partition coefficient (Wildman–Crippen LogP) is 3.88. The van der Waals surface area contributed by atoms with Crippen LogP contribution in [-0.2, 0) is 0 Å². The van der Waals surface area contributed by atoms with Gasteiger partial charge in [0, 0.05) is 0 Å². The van der Waals surface area contributed by atoms with E-state index >= 15 is 0 Å². The first-order valence-electron chi connectivity index (χ1n) is 5.28.